The number of nitrogens with zero attached hydrogens (tertiary/aromatic N) is 2. The molecule has 0 spiro atoms. The van der Waals surface area contributed by atoms with E-state index in [-0.39, 0.29) is 30.1 Å². The maximum absolute atomic E-state index is 6.22. The second-order valence-electron chi connectivity index (χ2n) is 8.08. The molecule has 7 heteroatoms. The lowest BCUT2D eigenvalue weighted by Gasteiger charge is -2.16. The van der Waals surface area contributed by atoms with E-state index in [1.54, 1.807) is 0 Å². The molecule has 0 radical (unpaired) electrons. The fourth-order valence-corrected chi connectivity index (χ4v) is 3.88. The molecule has 1 unspecified atom stereocenters. The Balaban J connectivity index is 0.00000306. The number of aromatic nitrogens is 1. The number of halogens is 1. The number of fused-ring (bicyclic) bond motifs is 1. The van der Waals surface area contributed by atoms with Crippen molar-refractivity contribution < 1.29 is 9.47 Å². The number of ether oxygens (including phenoxy) is 2. The molecule has 176 valence electrons. The van der Waals surface area contributed by atoms with Gasteiger partial charge in [0.1, 0.15) is 11.9 Å². The van der Waals surface area contributed by atoms with Crippen molar-refractivity contribution in [2.45, 2.75) is 39.3 Å². The number of nitrogens with one attached hydrogen (secondary N) is 2. The van der Waals surface area contributed by atoms with Gasteiger partial charge in [-0.05, 0) is 43.5 Å². The van der Waals surface area contributed by atoms with Crippen LogP contribution in [0.2, 0.25) is 0 Å². The zero-order valence-corrected chi connectivity index (χ0v) is 21.7. The SMILES string of the molecule is CCNC(=NCc1ccc(C)cc1OC1CCOC1)NCCc1cccc2cccnc12.I. The lowest BCUT2D eigenvalue weighted by Crippen LogP contribution is -2.38. The van der Waals surface area contributed by atoms with Gasteiger partial charge in [0.15, 0.2) is 5.96 Å². The van der Waals surface area contributed by atoms with Crippen LogP contribution in [0.3, 0.4) is 0 Å². The van der Waals surface area contributed by atoms with E-state index >= 15 is 0 Å². The van der Waals surface area contributed by atoms with Crippen LogP contribution in [-0.4, -0.2) is 43.4 Å². The molecule has 2 aromatic carbocycles. The summed E-state index contributed by atoms with van der Waals surface area (Å²) in [5, 5.41) is 7.97. The molecule has 6 nitrogen and oxygen atoms in total. The first-order valence-electron chi connectivity index (χ1n) is 11.4. The number of aliphatic imine (C=N–C) groups is 1. The van der Waals surface area contributed by atoms with E-state index in [1.165, 1.54) is 16.5 Å². The number of para-hydroxylation sites is 1. The molecule has 2 heterocycles. The van der Waals surface area contributed by atoms with Crippen molar-refractivity contribution in [1.82, 2.24) is 15.6 Å². The highest BCUT2D eigenvalue weighted by Crippen LogP contribution is 2.24. The quantitative estimate of drug-likeness (QED) is 0.239. The van der Waals surface area contributed by atoms with Gasteiger partial charge < -0.3 is 20.1 Å². The van der Waals surface area contributed by atoms with Gasteiger partial charge in [0, 0.05) is 36.7 Å². The summed E-state index contributed by atoms with van der Waals surface area (Å²) in [6.07, 6.45) is 3.78. The van der Waals surface area contributed by atoms with Crippen molar-refractivity contribution in [3.8, 4) is 5.75 Å². The van der Waals surface area contributed by atoms with Crippen LogP contribution in [0.15, 0.2) is 59.7 Å². The lowest BCUT2D eigenvalue weighted by molar-refractivity contribution is 0.140. The van der Waals surface area contributed by atoms with Gasteiger partial charge in [-0.15, -0.1) is 24.0 Å². The number of pyridine rings is 1. The molecule has 0 saturated carbocycles. The third-order valence-electron chi connectivity index (χ3n) is 5.56. The minimum atomic E-state index is 0. The molecule has 0 amide bonds. The maximum Gasteiger partial charge on any atom is 0.191 e. The monoisotopic (exact) mass is 560 g/mol. The van der Waals surface area contributed by atoms with E-state index < -0.39 is 0 Å². The van der Waals surface area contributed by atoms with Gasteiger partial charge in [-0.3, -0.25) is 4.98 Å². The maximum atomic E-state index is 6.22. The molecule has 4 rings (SSSR count). The number of rotatable bonds is 8. The van der Waals surface area contributed by atoms with E-state index in [1.807, 2.05) is 12.3 Å². The van der Waals surface area contributed by atoms with Crippen LogP contribution < -0.4 is 15.4 Å². The Labute approximate surface area is 213 Å². The highest BCUT2D eigenvalue weighted by molar-refractivity contribution is 14.0. The van der Waals surface area contributed by atoms with Crippen molar-refractivity contribution in [3.05, 3.63) is 71.4 Å². The summed E-state index contributed by atoms with van der Waals surface area (Å²) in [5.74, 6) is 1.71. The molecule has 2 N–H and O–H groups in total. The van der Waals surface area contributed by atoms with Crippen LogP contribution in [0, 0.1) is 6.92 Å². The molecule has 0 aliphatic carbocycles. The average molecular weight is 560 g/mol. The normalized spacial score (nSPS) is 15.8. The molecule has 1 aliphatic rings. The van der Waals surface area contributed by atoms with E-state index in [4.69, 9.17) is 14.5 Å². The third kappa shape index (κ3) is 7.04. The Morgan fingerprint density at radius 1 is 1.15 bits per heavy atom. The summed E-state index contributed by atoms with van der Waals surface area (Å²) >= 11 is 0. The Bertz CT molecular complexity index is 1060. The van der Waals surface area contributed by atoms with E-state index in [0.29, 0.717) is 13.2 Å². The Morgan fingerprint density at radius 2 is 2.03 bits per heavy atom. The van der Waals surface area contributed by atoms with Crippen molar-refractivity contribution in [2.24, 2.45) is 4.99 Å². The largest absolute Gasteiger partial charge is 0.488 e. The number of hydrogen-bond donors (Lipinski definition) is 2. The van der Waals surface area contributed by atoms with Crippen LogP contribution in [0.1, 0.15) is 30.0 Å². The summed E-state index contributed by atoms with van der Waals surface area (Å²) in [6, 6.07) is 16.7. The van der Waals surface area contributed by atoms with E-state index in [0.717, 1.165) is 55.3 Å². The lowest BCUT2D eigenvalue weighted by atomic mass is 10.1. The van der Waals surface area contributed by atoms with Crippen LogP contribution in [0.25, 0.3) is 10.9 Å². The first-order chi connectivity index (χ1) is 15.7. The van der Waals surface area contributed by atoms with Crippen molar-refractivity contribution in [3.63, 3.8) is 0 Å². The van der Waals surface area contributed by atoms with Gasteiger partial charge in [0.2, 0.25) is 0 Å². The molecule has 1 aromatic heterocycles. The number of guanidine groups is 1. The van der Waals surface area contributed by atoms with Crippen molar-refractivity contribution in [1.29, 1.82) is 0 Å². The van der Waals surface area contributed by atoms with Gasteiger partial charge in [0.05, 0.1) is 25.3 Å². The predicted molar refractivity (Wildman–Crippen MR) is 145 cm³/mol. The fourth-order valence-electron chi connectivity index (χ4n) is 3.88. The minimum absolute atomic E-state index is 0. The Kier molecular flexibility index (Phi) is 9.75. The summed E-state index contributed by atoms with van der Waals surface area (Å²) in [4.78, 5) is 9.36. The summed E-state index contributed by atoms with van der Waals surface area (Å²) in [6.45, 7) is 7.71. The van der Waals surface area contributed by atoms with Gasteiger partial charge in [-0.2, -0.15) is 0 Å². The van der Waals surface area contributed by atoms with Crippen molar-refractivity contribution >= 4 is 40.8 Å². The third-order valence-corrected chi connectivity index (χ3v) is 5.56. The highest BCUT2D eigenvalue weighted by Gasteiger charge is 2.18. The first-order valence-corrected chi connectivity index (χ1v) is 11.4. The second kappa shape index (κ2) is 12.7. The molecule has 0 bridgehead atoms. The predicted octanol–water partition coefficient (Wildman–Crippen LogP) is 4.63. The first kappa shape index (κ1) is 25.2. The molecule has 1 aliphatic heterocycles. The highest BCUT2D eigenvalue weighted by atomic mass is 127. The van der Waals surface area contributed by atoms with E-state index in [2.05, 4.69) is 71.9 Å². The smallest absolute Gasteiger partial charge is 0.191 e. The molecule has 3 aromatic rings. The molecule has 33 heavy (non-hydrogen) atoms. The van der Waals surface area contributed by atoms with Gasteiger partial charge in [-0.1, -0.05) is 36.4 Å². The fraction of sp³-hybridized carbons (Fsp3) is 0.385. The zero-order chi connectivity index (χ0) is 22.2. The molecular weight excluding hydrogens is 527 g/mol. The molecule has 1 atom stereocenters. The average Bonchev–Trinajstić information content (AvgIpc) is 3.32. The van der Waals surface area contributed by atoms with Gasteiger partial charge in [-0.25, -0.2) is 4.99 Å². The Hall–Kier alpha value is -2.39. The standard InChI is InChI=1S/C26H32N4O2.HI/c1-3-27-26(29-14-11-21-7-4-6-20-8-5-13-28-25(20)21)30-17-22-10-9-19(2)16-24(22)32-23-12-15-31-18-23;/h4-10,13,16,23H,3,11-12,14-15,17-18H2,1-2H3,(H2,27,29,30);1H. The topological polar surface area (TPSA) is 67.8 Å². The van der Waals surface area contributed by atoms with Crippen LogP contribution >= 0.6 is 24.0 Å². The molecule has 1 fully saturated rings. The van der Waals surface area contributed by atoms with E-state index in [9.17, 15) is 0 Å². The molecular formula is C26H33IN4O2. The zero-order valence-electron chi connectivity index (χ0n) is 19.3. The van der Waals surface area contributed by atoms with Gasteiger partial charge >= 0.3 is 0 Å². The summed E-state index contributed by atoms with van der Waals surface area (Å²) in [5.41, 5.74) is 4.56. The van der Waals surface area contributed by atoms with Crippen molar-refractivity contribution in [2.75, 3.05) is 26.3 Å². The molecule has 1 saturated heterocycles. The number of aryl methyl sites for hydroxylation is 1. The number of hydrogen-bond acceptors (Lipinski definition) is 4. The summed E-state index contributed by atoms with van der Waals surface area (Å²) < 4.78 is 11.7. The number of benzene rings is 2. The van der Waals surface area contributed by atoms with Crippen LogP contribution in [0.4, 0.5) is 0 Å². The Morgan fingerprint density at radius 3 is 2.85 bits per heavy atom. The second-order valence-corrected chi connectivity index (χ2v) is 8.08. The van der Waals surface area contributed by atoms with Crippen LogP contribution in [0.5, 0.6) is 5.75 Å². The van der Waals surface area contributed by atoms with Gasteiger partial charge in [0.25, 0.3) is 0 Å². The minimum Gasteiger partial charge on any atom is -0.488 e. The van der Waals surface area contributed by atoms with Crippen LogP contribution in [-0.2, 0) is 17.7 Å². The summed E-state index contributed by atoms with van der Waals surface area (Å²) in [7, 11) is 0.